The zero-order valence-electron chi connectivity index (χ0n) is 12.8. The lowest BCUT2D eigenvalue weighted by molar-refractivity contribution is -0.122. The number of nitrogens with one attached hydrogen (secondary N) is 1. The van der Waals surface area contributed by atoms with Crippen molar-refractivity contribution in [2.24, 2.45) is 5.92 Å². The Balaban J connectivity index is 1.67. The Morgan fingerprint density at radius 2 is 2.29 bits per heavy atom. The van der Waals surface area contributed by atoms with E-state index in [2.05, 4.69) is 24.1 Å². The average molecular weight is 315 g/mol. The molecule has 1 N–H and O–H groups in total. The van der Waals surface area contributed by atoms with Crippen LogP contribution in [0.3, 0.4) is 0 Å². The van der Waals surface area contributed by atoms with Crippen LogP contribution in [0.4, 0.5) is 4.79 Å². The molecule has 2 rings (SSSR count). The van der Waals surface area contributed by atoms with Crippen LogP contribution in [0.15, 0.2) is 0 Å². The Bertz CT molecular complexity index is 378. The fourth-order valence-corrected chi connectivity index (χ4v) is 3.44. The summed E-state index contributed by atoms with van der Waals surface area (Å²) in [6, 6.07) is 0. The summed E-state index contributed by atoms with van der Waals surface area (Å²) in [4.78, 5) is 27.3. The van der Waals surface area contributed by atoms with Crippen molar-refractivity contribution >= 4 is 22.9 Å². The number of amides is 2. The van der Waals surface area contributed by atoms with E-state index in [0.29, 0.717) is 25.6 Å². The molecule has 1 atom stereocenters. The third-order valence-corrected chi connectivity index (χ3v) is 4.44. The van der Waals surface area contributed by atoms with Crippen LogP contribution < -0.4 is 5.32 Å². The molecule has 2 saturated heterocycles. The van der Waals surface area contributed by atoms with Gasteiger partial charge in [-0.25, -0.2) is 0 Å². The predicted molar refractivity (Wildman–Crippen MR) is 83.5 cm³/mol. The Morgan fingerprint density at radius 3 is 2.95 bits per heavy atom. The number of ether oxygens (including phenoxy) is 1. The number of carbonyl (C=O) groups excluding carboxylic acids is 2. The highest BCUT2D eigenvalue weighted by Crippen LogP contribution is 2.16. The number of rotatable bonds is 6. The van der Waals surface area contributed by atoms with E-state index in [1.165, 1.54) is 11.8 Å². The normalized spacial score (nSPS) is 23.9. The number of thioether (sulfide) groups is 1. The molecule has 2 fully saturated rings. The topological polar surface area (TPSA) is 61.9 Å². The summed E-state index contributed by atoms with van der Waals surface area (Å²) in [6.45, 7) is 9.35. The van der Waals surface area contributed by atoms with Gasteiger partial charge in [-0.1, -0.05) is 25.6 Å². The number of carbonyl (C=O) groups is 2. The Labute approximate surface area is 130 Å². The lowest BCUT2D eigenvalue weighted by atomic mass is 10.2. The van der Waals surface area contributed by atoms with Crippen LogP contribution in [0.25, 0.3) is 0 Å². The quantitative estimate of drug-likeness (QED) is 0.779. The van der Waals surface area contributed by atoms with Crippen molar-refractivity contribution in [2.45, 2.75) is 20.0 Å². The van der Waals surface area contributed by atoms with E-state index in [4.69, 9.17) is 4.74 Å². The maximum absolute atomic E-state index is 11.9. The molecular formula is C14H25N3O3S. The molecule has 0 bridgehead atoms. The molecule has 0 aromatic heterocycles. The summed E-state index contributed by atoms with van der Waals surface area (Å²) in [7, 11) is 0. The molecule has 0 aromatic carbocycles. The second-order valence-electron chi connectivity index (χ2n) is 5.99. The first-order chi connectivity index (χ1) is 10.0. The van der Waals surface area contributed by atoms with Crippen molar-refractivity contribution < 1.29 is 14.3 Å². The smallest absolute Gasteiger partial charge is 0.282 e. The van der Waals surface area contributed by atoms with E-state index < -0.39 is 0 Å². The van der Waals surface area contributed by atoms with Crippen LogP contribution in [-0.4, -0.2) is 78.7 Å². The second kappa shape index (κ2) is 8.00. The van der Waals surface area contributed by atoms with Gasteiger partial charge >= 0.3 is 0 Å². The first kappa shape index (κ1) is 16.6. The highest BCUT2D eigenvalue weighted by atomic mass is 32.2. The molecular weight excluding hydrogens is 290 g/mol. The van der Waals surface area contributed by atoms with Gasteiger partial charge in [-0.3, -0.25) is 14.5 Å². The number of morpholine rings is 1. The summed E-state index contributed by atoms with van der Waals surface area (Å²) < 4.78 is 5.69. The largest absolute Gasteiger partial charge is 0.374 e. The molecule has 0 aromatic rings. The Morgan fingerprint density at radius 1 is 1.48 bits per heavy atom. The minimum absolute atomic E-state index is 0.00201. The summed E-state index contributed by atoms with van der Waals surface area (Å²) in [5.41, 5.74) is 0. The minimum atomic E-state index is -0.101. The van der Waals surface area contributed by atoms with Crippen LogP contribution in [0.2, 0.25) is 0 Å². The third kappa shape index (κ3) is 5.48. The zero-order valence-corrected chi connectivity index (χ0v) is 13.7. The van der Waals surface area contributed by atoms with Crippen molar-refractivity contribution in [1.82, 2.24) is 15.1 Å². The van der Waals surface area contributed by atoms with Gasteiger partial charge in [-0.05, 0) is 5.92 Å². The van der Waals surface area contributed by atoms with Gasteiger partial charge in [0.25, 0.3) is 5.24 Å². The molecule has 7 heteroatoms. The highest BCUT2D eigenvalue weighted by Gasteiger charge is 2.25. The molecule has 0 saturated carbocycles. The van der Waals surface area contributed by atoms with Crippen LogP contribution in [0.5, 0.6) is 0 Å². The molecule has 2 aliphatic rings. The Hall–Kier alpha value is -0.790. The molecule has 0 radical (unpaired) electrons. The van der Waals surface area contributed by atoms with Crippen LogP contribution in [-0.2, 0) is 9.53 Å². The zero-order chi connectivity index (χ0) is 15.2. The summed E-state index contributed by atoms with van der Waals surface area (Å²) in [5, 5.41) is 2.88. The fourth-order valence-electron chi connectivity index (χ4n) is 2.61. The van der Waals surface area contributed by atoms with E-state index >= 15 is 0 Å². The van der Waals surface area contributed by atoms with E-state index in [9.17, 15) is 9.59 Å². The fraction of sp³-hybridized carbons (Fsp3) is 0.857. The number of hydrogen-bond donors (Lipinski definition) is 1. The standard InChI is InChI=1S/C14H25N3O3S/c1-11(2)8-16-3-5-20-12(9-16)7-15-13(18)10-17-4-6-21-14(17)19/h11-12H,3-10H2,1-2H3,(H,15,18)/t12-/m0/s1. The predicted octanol–water partition coefficient (Wildman–Crippen LogP) is 0.628. The van der Waals surface area contributed by atoms with Crippen molar-refractivity contribution in [3.05, 3.63) is 0 Å². The average Bonchev–Trinajstić information content (AvgIpc) is 2.82. The third-order valence-electron chi connectivity index (χ3n) is 3.55. The van der Waals surface area contributed by atoms with Gasteiger partial charge in [0.15, 0.2) is 0 Å². The van der Waals surface area contributed by atoms with E-state index in [-0.39, 0.29) is 23.8 Å². The molecule has 0 unspecified atom stereocenters. The second-order valence-corrected chi connectivity index (χ2v) is 7.03. The van der Waals surface area contributed by atoms with Crippen molar-refractivity contribution in [3.8, 4) is 0 Å². The molecule has 2 amide bonds. The lowest BCUT2D eigenvalue weighted by Crippen LogP contribution is -2.49. The van der Waals surface area contributed by atoms with Crippen molar-refractivity contribution in [1.29, 1.82) is 0 Å². The monoisotopic (exact) mass is 315 g/mol. The van der Waals surface area contributed by atoms with Crippen molar-refractivity contribution in [2.75, 3.05) is 51.6 Å². The molecule has 2 aliphatic heterocycles. The van der Waals surface area contributed by atoms with E-state index in [1.807, 2.05) is 0 Å². The lowest BCUT2D eigenvalue weighted by Gasteiger charge is -2.34. The van der Waals surface area contributed by atoms with Gasteiger partial charge in [0.1, 0.15) is 6.54 Å². The molecule has 0 spiro atoms. The van der Waals surface area contributed by atoms with Crippen molar-refractivity contribution in [3.63, 3.8) is 0 Å². The summed E-state index contributed by atoms with van der Waals surface area (Å²) in [6.07, 6.45) is 0.0464. The maximum Gasteiger partial charge on any atom is 0.282 e. The van der Waals surface area contributed by atoms with Gasteiger partial charge in [0.05, 0.1) is 12.7 Å². The van der Waals surface area contributed by atoms with Crippen LogP contribution in [0.1, 0.15) is 13.8 Å². The first-order valence-corrected chi connectivity index (χ1v) is 8.55. The summed E-state index contributed by atoms with van der Waals surface area (Å²) in [5.74, 6) is 1.31. The summed E-state index contributed by atoms with van der Waals surface area (Å²) >= 11 is 1.28. The van der Waals surface area contributed by atoms with Gasteiger partial charge in [0, 0.05) is 38.5 Å². The molecule has 120 valence electrons. The van der Waals surface area contributed by atoms with Gasteiger partial charge < -0.3 is 15.0 Å². The number of hydrogen-bond acceptors (Lipinski definition) is 5. The first-order valence-electron chi connectivity index (χ1n) is 7.57. The van der Waals surface area contributed by atoms with Crippen LogP contribution >= 0.6 is 11.8 Å². The minimum Gasteiger partial charge on any atom is -0.374 e. The number of nitrogens with zero attached hydrogens (tertiary/aromatic N) is 2. The van der Waals surface area contributed by atoms with E-state index in [0.717, 1.165) is 25.4 Å². The van der Waals surface area contributed by atoms with Gasteiger partial charge in [-0.2, -0.15) is 0 Å². The highest BCUT2D eigenvalue weighted by molar-refractivity contribution is 8.13. The van der Waals surface area contributed by atoms with E-state index in [1.54, 1.807) is 4.90 Å². The molecule has 6 nitrogen and oxygen atoms in total. The van der Waals surface area contributed by atoms with Crippen LogP contribution in [0, 0.1) is 5.92 Å². The maximum atomic E-state index is 11.9. The SMILES string of the molecule is CC(C)CN1CCO[C@@H](CNC(=O)CN2CCSC2=O)C1. The Kier molecular flexibility index (Phi) is 6.32. The van der Waals surface area contributed by atoms with Gasteiger partial charge in [0.2, 0.25) is 5.91 Å². The molecule has 2 heterocycles. The molecule has 21 heavy (non-hydrogen) atoms. The molecule has 0 aliphatic carbocycles. The van der Waals surface area contributed by atoms with Gasteiger partial charge in [-0.15, -0.1) is 0 Å².